The van der Waals surface area contributed by atoms with Crippen LogP contribution in [0.5, 0.6) is 0 Å². The van der Waals surface area contributed by atoms with Crippen molar-refractivity contribution in [2.75, 3.05) is 5.32 Å². The Morgan fingerprint density at radius 2 is 1.76 bits per heavy atom. The third-order valence-electron chi connectivity index (χ3n) is 3.00. The monoisotopic (exact) mass is 285 g/mol. The summed E-state index contributed by atoms with van der Waals surface area (Å²) in [5, 5.41) is 2.51. The van der Waals surface area contributed by atoms with Crippen molar-refractivity contribution in [2.45, 2.75) is 0 Å². The number of anilines is 1. The largest absolute Gasteiger partial charge is 0.332 e. The van der Waals surface area contributed by atoms with Gasteiger partial charge in [-0.15, -0.1) is 0 Å². The summed E-state index contributed by atoms with van der Waals surface area (Å²) in [6.45, 7) is 0. The van der Waals surface area contributed by atoms with Gasteiger partial charge in [-0.3, -0.25) is 18.7 Å². The number of hydrogen-bond donors (Lipinski definition) is 1. The lowest BCUT2D eigenvalue weighted by Gasteiger charge is -2.09. The molecule has 1 amide bonds. The lowest BCUT2D eigenvalue weighted by molar-refractivity contribution is -0.111. The molecule has 21 heavy (non-hydrogen) atoms. The van der Waals surface area contributed by atoms with Crippen LogP contribution in [0.2, 0.25) is 0 Å². The van der Waals surface area contributed by atoms with Crippen LogP contribution in [0.3, 0.4) is 0 Å². The zero-order chi connectivity index (χ0) is 15.4. The van der Waals surface area contributed by atoms with Gasteiger partial charge in [0.05, 0.1) is 0 Å². The smallest absolute Gasteiger partial charge is 0.308 e. The Balaban J connectivity index is 2.20. The van der Waals surface area contributed by atoms with E-state index in [1.165, 1.54) is 30.8 Å². The predicted octanol–water partition coefficient (Wildman–Crippen LogP) is 0.736. The van der Waals surface area contributed by atoms with E-state index in [9.17, 15) is 14.4 Å². The summed E-state index contributed by atoms with van der Waals surface area (Å²) >= 11 is 0. The summed E-state index contributed by atoms with van der Waals surface area (Å²) in [5.74, 6) is -0.257. The van der Waals surface area contributed by atoms with Gasteiger partial charge in [0.15, 0.2) is 0 Å². The maximum atomic E-state index is 11.8. The third-order valence-corrected chi connectivity index (χ3v) is 3.00. The minimum atomic E-state index is -0.496. The molecule has 0 aliphatic carbocycles. The van der Waals surface area contributed by atoms with Crippen molar-refractivity contribution in [1.29, 1.82) is 0 Å². The summed E-state index contributed by atoms with van der Waals surface area (Å²) in [5.41, 5.74) is -0.0872. The van der Waals surface area contributed by atoms with E-state index in [4.69, 9.17) is 0 Å². The molecule has 0 spiro atoms. The van der Waals surface area contributed by atoms with Crippen molar-refractivity contribution >= 4 is 17.8 Å². The van der Waals surface area contributed by atoms with Gasteiger partial charge in [-0.1, -0.05) is 30.3 Å². The molecule has 6 heteroatoms. The Hall–Kier alpha value is -2.89. The van der Waals surface area contributed by atoms with Crippen molar-refractivity contribution in [3.63, 3.8) is 0 Å². The molecule has 0 bridgehead atoms. The molecule has 0 aliphatic rings. The fourth-order valence-electron chi connectivity index (χ4n) is 1.76. The Morgan fingerprint density at radius 1 is 1.10 bits per heavy atom. The standard InChI is InChI=1S/C15H15N3O3/c1-17-12(10-14(20)18(2)15(17)21)16-13(19)9-8-11-6-4-3-5-7-11/h3-10H,1-2H3,(H,16,19)/b9-8-. The second kappa shape index (κ2) is 6.04. The summed E-state index contributed by atoms with van der Waals surface area (Å²) in [6, 6.07) is 10.5. The molecular weight excluding hydrogens is 270 g/mol. The van der Waals surface area contributed by atoms with Crippen molar-refractivity contribution < 1.29 is 4.79 Å². The lowest BCUT2D eigenvalue weighted by atomic mass is 10.2. The van der Waals surface area contributed by atoms with Gasteiger partial charge < -0.3 is 5.32 Å². The molecule has 0 radical (unpaired) electrons. The molecule has 0 saturated heterocycles. The maximum absolute atomic E-state index is 11.8. The molecule has 2 aromatic rings. The van der Waals surface area contributed by atoms with Crippen LogP contribution in [-0.2, 0) is 18.9 Å². The summed E-state index contributed by atoms with van der Waals surface area (Å²) in [4.78, 5) is 35.1. The van der Waals surface area contributed by atoms with Gasteiger partial charge in [-0.2, -0.15) is 0 Å². The van der Waals surface area contributed by atoms with E-state index in [1.54, 1.807) is 6.08 Å². The van der Waals surface area contributed by atoms with Crippen LogP contribution >= 0.6 is 0 Å². The van der Waals surface area contributed by atoms with E-state index in [1.807, 2.05) is 30.3 Å². The normalized spacial score (nSPS) is 10.8. The molecule has 0 unspecified atom stereocenters. The molecular formula is C15H15N3O3. The van der Waals surface area contributed by atoms with Gasteiger partial charge in [0.1, 0.15) is 5.82 Å². The highest BCUT2D eigenvalue weighted by Gasteiger charge is 2.07. The summed E-state index contributed by atoms with van der Waals surface area (Å²) in [7, 11) is 2.86. The summed E-state index contributed by atoms with van der Waals surface area (Å²) in [6.07, 6.45) is 2.99. The summed E-state index contributed by atoms with van der Waals surface area (Å²) < 4.78 is 2.17. The molecule has 1 heterocycles. The number of carbonyl (C=O) groups excluding carboxylic acids is 1. The average Bonchev–Trinajstić information content (AvgIpc) is 2.49. The van der Waals surface area contributed by atoms with Crippen molar-refractivity contribution in [3.05, 3.63) is 68.9 Å². The highest BCUT2D eigenvalue weighted by atomic mass is 16.2. The Morgan fingerprint density at radius 3 is 2.43 bits per heavy atom. The average molecular weight is 285 g/mol. The number of hydrogen-bond acceptors (Lipinski definition) is 3. The highest BCUT2D eigenvalue weighted by Crippen LogP contribution is 2.02. The molecule has 6 nitrogen and oxygen atoms in total. The van der Waals surface area contributed by atoms with Crippen LogP contribution < -0.4 is 16.6 Å². The second-order valence-electron chi connectivity index (χ2n) is 4.50. The number of benzene rings is 1. The van der Waals surface area contributed by atoms with E-state index < -0.39 is 17.2 Å². The first-order chi connectivity index (χ1) is 9.99. The molecule has 0 fully saturated rings. The zero-order valence-corrected chi connectivity index (χ0v) is 11.7. The second-order valence-corrected chi connectivity index (χ2v) is 4.50. The SMILES string of the molecule is Cn1c(NC(=O)/C=C\c2ccccc2)cc(=O)n(C)c1=O. The lowest BCUT2D eigenvalue weighted by Crippen LogP contribution is -2.37. The Bertz CT molecular complexity index is 801. The van der Waals surface area contributed by atoms with Gasteiger partial charge in [-0.25, -0.2) is 4.79 Å². The van der Waals surface area contributed by atoms with E-state index in [2.05, 4.69) is 5.32 Å². The van der Waals surface area contributed by atoms with Crippen LogP contribution in [0.15, 0.2) is 52.1 Å². The first-order valence-electron chi connectivity index (χ1n) is 6.30. The van der Waals surface area contributed by atoms with Gasteiger partial charge in [0.2, 0.25) is 5.91 Å². The number of carbonyl (C=O) groups is 1. The quantitative estimate of drug-likeness (QED) is 0.845. The Labute approximate surface area is 121 Å². The van der Waals surface area contributed by atoms with E-state index >= 15 is 0 Å². The molecule has 1 N–H and O–H groups in total. The molecule has 0 atom stereocenters. The van der Waals surface area contributed by atoms with Crippen molar-refractivity contribution in [3.8, 4) is 0 Å². The number of nitrogens with zero attached hydrogens (tertiary/aromatic N) is 2. The first kappa shape index (κ1) is 14.5. The minimum Gasteiger partial charge on any atom is -0.308 e. The van der Waals surface area contributed by atoms with Crippen LogP contribution in [0.4, 0.5) is 5.82 Å². The molecule has 1 aromatic carbocycles. The fraction of sp³-hybridized carbons (Fsp3) is 0.133. The number of amides is 1. The predicted molar refractivity (Wildman–Crippen MR) is 81.0 cm³/mol. The minimum absolute atomic E-state index is 0.158. The first-order valence-corrected chi connectivity index (χ1v) is 6.30. The van der Waals surface area contributed by atoms with Crippen molar-refractivity contribution in [1.82, 2.24) is 9.13 Å². The molecule has 0 aliphatic heterocycles. The third kappa shape index (κ3) is 3.36. The van der Waals surface area contributed by atoms with Gasteiger partial charge in [-0.05, 0) is 11.6 Å². The van der Waals surface area contributed by atoms with E-state index in [0.717, 1.165) is 10.1 Å². The van der Waals surface area contributed by atoms with Gasteiger partial charge >= 0.3 is 5.69 Å². The van der Waals surface area contributed by atoms with Crippen LogP contribution in [-0.4, -0.2) is 15.0 Å². The van der Waals surface area contributed by atoms with Crippen LogP contribution in [0, 0.1) is 0 Å². The molecule has 1 aromatic heterocycles. The van der Waals surface area contributed by atoms with E-state index in [-0.39, 0.29) is 5.82 Å². The van der Waals surface area contributed by atoms with Crippen LogP contribution in [0.25, 0.3) is 6.08 Å². The zero-order valence-electron chi connectivity index (χ0n) is 11.7. The van der Waals surface area contributed by atoms with Crippen molar-refractivity contribution in [2.24, 2.45) is 14.1 Å². The fourth-order valence-corrected chi connectivity index (χ4v) is 1.76. The number of nitrogens with one attached hydrogen (secondary N) is 1. The van der Waals surface area contributed by atoms with E-state index in [0.29, 0.717) is 0 Å². The maximum Gasteiger partial charge on any atom is 0.332 e. The highest BCUT2D eigenvalue weighted by molar-refractivity contribution is 6.01. The molecule has 0 saturated carbocycles. The van der Waals surface area contributed by atoms with Gasteiger partial charge in [0.25, 0.3) is 5.56 Å². The topological polar surface area (TPSA) is 73.1 Å². The number of rotatable bonds is 3. The molecule has 2 rings (SSSR count). The molecule has 108 valence electrons. The van der Waals surface area contributed by atoms with Gasteiger partial charge in [0, 0.05) is 26.2 Å². The Kier molecular flexibility index (Phi) is 4.18. The van der Waals surface area contributed by atoms with Crippen LogP contribution in [0.1, 0.15) is 5.56 Å². The number of aromatic nitrogens is 2.